The largest absolute Gasteiger partial charge is 0.481 e. The van der Waals surface area contributed by atoms with Crippen LogP contribution in [-0.4, -0.2) is 30.2 Å². The van der Waals surface area contributed by atoms with Crippen LogP contribution in [0.2, 0.25) is 0 Å². The Labute approximate surface area is 87.4 Å². The highest BCUT2D eigenvalue weighted by molar-refractivity contribution is 5.75. The van der Waals surface area contributed by atoms with E-state index in [-0.39, 0.29) is 25.9 Å². The fraction of sp³-hybridized carbons (Fsp3) is 0.900. The number of carboxylic acids is 1. The summed E-state index contributed by atoms with van der Waals surface area (Å²) < 4.78 is 31.0. The predicted molar refractivity (Wildman–Crippen MR) is 50.0 cm³/mol. The van der Waals surface area contributed by atoms with Crippen molar-refractivity contribution in [3.05, 3.63) is 0 Å². The molecule has 0 spiro atoms. The quantitative estimate of drug-likeness (QED) is 0.726. The monoisotopic (exact) mass is 222 g/mol. The van der Waals surface area contributed by atoms with Crippen LogP contribution in [0.4, 0.5) is 8.78 Å². The van der Waals surface area contributed by atoms with Gasteiger partial charge in [0.15, 0.2) is 0 Å². The van der Waals surface area contributed by atoms with Gasteiger partial charge in [0, 0.05) is 26.1 Å². The van der Waals surface area contributed by atoms with Gasteiger partial charge in [-0.3, -0.25) is 4.79 Å². The summed E-state index contributed by atoms with van der Waals surface area (Å²) >= 11 is 0. The van der Waals surface area contributed by atoms with Crippen molar-refractivity contribution < 1.29 is 23.4 Å². The fourth-order valence-electron chi connectivity index (χ4n) is 2.01. The lowest BCUT2D eigenvalue weighted by Crippen LogP contribution is -2.31. The van der Waals surface area contributed by atoms with E-state index in [1.807, 2.05) is 0 Å². The number of alkyl halides is 2. The van der Waals surface area contributed by atoms with Gasteiger partial charge >= 0.3 is 5.97 Å². The summed E-state index contributed by atoms with van der Waals surface area (Å²) in [7, 11) is 0. The van der Waals surface area contributed by atoms with Crippen molar-refractivity contribution in [1.82, 2.24) is 0 Å². The first-order chi connectivity index (χ1) is 6.92. The number of hydrogen-bond acceptors (Lipinski definition) is 2. The van der Waals surface area contributed by atoms with Gasteiger partial charge in [0.05, 0.1) is 5.41 Å². The van der Waals surface area contributed by atoms with E-state index in [2.05, 4.69) is 0 Å². The molecule has 0 aromatic heterocycles. The highest BCUT2D eigenvalue weighted by Gasteiger charge is 2.53. The van der Waals surface area contributed by atoms with Crippen LogP contribution in [-0.2, 0) is 9.53 Å². The van der Waals surface area contributed by atoms with Gasteiger partial charge in [-0.15, -0.1) is 0 Å². The smallest absolute Gasteiger partial charge is 0.309 e. The molecule has 15 heavy (non-hydrogen) atoms. The van der Waals surface area contributed by atoms with E-state index < -0.39 is 23.7 Å². The van der Waals surface area contributed by atoms with E-state index in [9.17, 15) is 13.6 Å². The van der Waals surface area contributed by atoms with Crippen molar-refractivity contribution in [2.24, 2.45) is 5.41 Å². The first-order valence-corrected chi connectivity index (χ1v) is 5.11. The van der Waals surface area contributed by atoms with E-state index in [1.165, 1.54) is 0 Å². The number of ether oxygens (including phenoxy) is 1. The van der Waals surface area contributed by atoms with Crippen molar-refractivity contribution in [2.75, 3.05) is 13.2 Å². The lowest BCUT2D eigenvalue weighted by Gasteiger charge is -2.23. The Bertz CT molecular complexity index is 243. The molecule has 1 saturated carbocycles. The first kappa shape index (κ1) is 12.4. The normalized spacial score (nSPS) is 29.3. The van der Waals surface area contributed by atoms with Gasteiger partial charge in [0.25, 0.3) is 0 Å². The summed E-state index contributed by atoms with van der Waals surface area (Å²) in [6.07, 6.45) is -0.665. The van der Waals surface area contributed by atoms with Gasteiger partial charge in [-0.25, -0.2) is 8.78 Å². The summed E-state index contributed by atoms with van der Waals surface area (Å²) in [5, 5.41) is 9.01. The average molecular weight is 222 g/mol. The molecule has 1 unspecified atom stereocenters. The molecule has 1 fully saturated rings. The molecule has 0 heterocycles. The van der Waals surface area contributed by atoms with Crippen molar-refractivity contribution in [3.8, 4) is 0 Å². The second-order valence-electron chi connectivity index (χ2n) is 4.07. The molecule has 1 rings (SSSR count). The van der Waals surface area contributed by atoms with Gasteiger partial charge in [0.2, 0.25) is 5.92 Å². The molecule has 0 aliphatic heterocycles. The third-order valence-corrected chi connectivity index (χ3v) is 2.95. The topological polar surface area (TPSA) is 46.5 Å². The molecule has 0 bridgehead atoms. The van der Waals surface area contributed by atoms with Gasteiger partial charge in [-0.05, 0) is 19.8 Å². The molecule has 0 aromatic carbocycles. The SMILES string of the molecule is CCOCCC1(C(=O)O)CCC(F)(F)C1. The van der Waals surface area contributed by atoms with Crippen LogP contribution in [0.5, 0.6) is 0 Å². The molecule has 0 amide bonds. The molecule has 1 aliphatic carbocycles. The van der Waals surface area contributed by atoms with Crippen LogP contribution in [0.3, 0.4) is 0 Å². The predicted octanol–water partition coefficient (Wildman–Crippen LogP) is 2.30. The lowest BCUT2D eigenvalue weighted by atomic mass is 9.83. The van der Waals surface area contributed by atoms with Gasteiger partial charge < -0.3 is 9.84 Å². The third-order valence-electron chi connectivity index (χ3n) is 2.95. The summed E-state index contributed by atoms with van der Waals surface area (Å²) in [4.78, 5) is 11.0. The Morgan fingerprint density at radius 3 is 2.53 bits per heavy atom. The molecule has 0 saturated heterocycles. The van der Waals surface area contributed by atoms with E-state index in [0.29, 0.717) is 6.61 Å². The van der Waals surface area contributed by atoms with Gasteiger partial charge in [-0.1, -0.05) is 0 Å². The molecule has 3 nitrogen and oxygen atoms in total. The van der Waals surface area contributed by atoms with Crippen LogP contribution in [0.15, 0.2) is 0 Å². The Kier molecular flexibility index (Phi) is 3.65. The Balaban J connectivity index is 2.61. The van der Waals surface area contributed by atoms with Crippen LogP contribution in [0.25, 0.3) is 0 Å². The molecule has 1 N–H and O–H groups in total. The Hall–Kier alpha value is -0.710. The minimum Gasteiger partial charge on any atom is -0.481 e. The molecule has 0 aromatic rings. The second kappa shape index (κ2) is 4.43. The highest BCUT2D eigenvalue weighted by atomic mass is 19.3. The molecule has 88 valence electrons. The molecular weight excluding hydrogens is 206 g/mol. The van der Waals surface area contributed by atoms with Gasteiger partial charge in [0.1, 0.15) is 0 Å². The Morgan fingerprint density at radius 1 is 1.47 bits per heavy atom. The number of halogens is 2. The van der Waals surface area contributed by atoms with Crippen LogP contribution in [0, 0.1) is 5.41 Å². The molecule has 5 heteroatoms. The number of aliphatic carboxylic acids is 1. The van der Waals surface area contributed by atoms with E-state index in [4.69, 9.17) is 9.84 Å². The van der Waals surface area contributed by atoms with Crippen molar-refractivity contribution in [3.63, 3.8) is 0 Å². The number of carbonyl (C=O) groups is 1. The molecule has 1 atom stereocenters. The minimum absolute atomic E-state index is 0.0441. The summed E-state index contributed by atoms with van der Waals surface area (Å²) in [5.41, 5.74) is -1.28. The van der Waals surface area contributed by atoms with E-state index >= 15 is 0 Å². The van der Waals surface area contributed by atoms with Crippen LogP contribution in [0.1, 0.15) is 32.6 Å². The average Bonchev–Trinajstić information content (AvgIpc) is 2.44. The minimum atomic E-state index is -2.83. The molecule has 1 aliphatic rings. The second-order valence-corrected chi connectivity index (χ2v) is 4.07. The zero-order valence-corrected chi connectivity index (χ0v) is 8.76. The third kappa shape index (κ3) is 2.87. The van der Waals surface area contributed by atoms with Crippen LogP contribution < -0.4 is 0 Å². The maximum atomic E-state index is 13.0. The maximum absolute atomic E-state index is 13.0. The van der Waals surface area contributed by atoms with Crippen LogP contribution >= 0.6 is 0 Å². The van der Waals surface area contributed by atoms with E-state index in [1.54, 1.807) is 6.92 Å². The highest BCUT2D eigenvalue weighted by Crippen LogP contribution is 2.49. The lowest BCUT2D eigenvalue weighted by molar-refractivity contribution is -0.151. The molecule has 0 radical (unpaired) electrons. The standard InChI is InChI=1S/C10H16F2O3/c1-2-15-6-5-9(8(13)14)3-4-10(11,12)7-9/h2-7H2,1H3,(H,13,14). The van der Waals surface area contributed by atoms with Gasteiger partial charge in [-0.2, -0.15) is 0 Å². The number of rotatable bonds is 5. The van der Waals surface area contributed by atoms with Crippen molar-refractivity contribution in [2.45, 2.75) is 38.5 Å². The summed E-state index contributed by atoms with van der Waals surface area (Å²) in [5.74, 6) is -3.95. The zero-order chi connectivity index (χ0) is 11.5. The van der Waals surface area contributed by atoms with E-state index in [0.717, 1.165) is 0 Å². The zero-order valence-electron chi connectivity index (χ0n) is 8.76. The van der Waals surface area contributed by atoms with Crippen molar-refractivity contribution in [1.29, 1.82) is 0 Å². The number of hydrogen-bond donors (Lipinski definition) is 1. The first-order valence-electron chi connectivity index (χ1n) is 5.11. The fourth-order valence-corrected chi connectivity index (χ4v) is 2.01. The Morgan fingerprint density at radius 2 is 2.13 bits per heavy atom. The number of carboxylic acid groups (broad SMARTS) is 1. The van der Waals surface area contributed by atoms with Crippen molar-refractivity contribution >= 4 is 5.97 Å². The summed E-state index contributed by atoms with van der Waals surface area (Å²) in [6, 6.07) is 0. The molecular formula is C10H16F2O3. The summed E-state index contributed by atoms with van der Waals surface area (Å²) in [6.45, 7) is 2.50. The maximum Gasteiger partial charge on any atom is 0.309 e.